The maximum absolute atomic E-state index is 11.5. The van der Waals surface area contributed by atoms with Gasteiger partial charge < -0.3 is 9.47 Å². The van der Waals surface area contributed by atoms with Gasteiger partial charge in [-0.15, -0.1) is 0 Å². The van der Waals surface area contributed by atoms with Crippen LogP contribution in [0.4, 0.5) is 0 Å². The summed E-state index contributed by atoms with van der Waals surface area (Å²) in [5, 5.41) is 0. The second-order valence-electron chi connectivity index (χ2n) is 2.68. The van der Waals surface area contributed by atoms with Crippen molar-refractivity contribution in [1.29, 1.82) is 0 Å². The van der Waals surface area contributed by atoms with Crippen molar-refractivity contribution >= 4 is 5.91 Å². The number of hydroxylamine groups is 1. The van der Waals surface area contributed by atoms with Crippen LogP contribution in [0, 0.1) is 0 Å². The Morgan fingerprint density at radius 2 is 2.07 bits per heavy atom. The predicted molar refractivity (Wildman–Crippen MR) is 53.4 cm³/mol. The van der Waals surface area contributed by atoms with Gasteiger partial charge in [-0.05, 0) is 12.1 Å². The number of para-hydroxylation sites is 1. The fraction of sp³-hybridized carbons (Fsp3) is 0.300. The number of carbonyl (C=O) groups is 1. The molecule has 0 aliphatic carbocycles. The van der Waals surface area contributed by atoms with Gasteiger partial charge in [-0.2, -0.15) is 0 Å². The molecule has 1 N–H and O–H groups in total. The Kier molecular flexibility index (Phi) is 4.59. The van der Waals surface area contributed by atoms with Gasteiger partial charge in [-0.1, -0.05) is 12.1 Å². The first-order valence-corrected chi connectivity index (χ1v) is 4.33. The topological polar surface area (TPSA) is 56.8 Å². The van der Waals surface area contributed by atoms with Gasteiger partial charge in [0.05, 0.1) is 12.7 Å². The van der Waals surface area contributed by atoms with E-state index in [4.69, 9.17) is 9.57 Å². The van der Waals surface area contributed by atoms with Crippen molar-refractivity contribution in [3.63, 3.8) is 0 Å². The highest BCUT2D eigenvalue weighted by molar-refractivity contribution is 5.96. The molecule has 5 heteroatoms. The summed E-state index contributed by atoms with van der Waals surface area (Å²) in [7, 11) is 2.97. The first kappa shape index (κ1) is 11.5. The Balaban J connectivity index is 2.64. The Labute approximate surface area is 87.9 Å². The van der Waals surface area contributed by atoms with Crippen molar-refractivity contribution in [3.05, 3.63) is 29.8 Å². The first-order chi connectivity index (χ1) is 7.29. The number of nitrogens with one attached hydrogen (secondary N) is 1. The zero-order valence-corrected chi connectivity index (χ0v) is 8.65. The molecule has 15 heavy (non-hydrogen) atoms. The lowest BCUT2D eigenvalue weighted by molar-refractivity contribution is -0.0704. The molecule has 1 aromatic rings. The number of amides is 1. The summed E-state index contributed by atoms with van der Waals surface area (Å²) in [6.07, 6.45) is 0. The second kappa shape index (κ2) is 6.00. The predicted octanol–water partition coefficient (Wildman–Crippen LogP) is 0.960. The Morgan fingerprint density at radius 1 is 1.33 bits per heavy atom. The standard InChI is InChI=1S/C10H13NO4/c1-13-7-15-11-10(12)8-5-3-4-6-9(8)14-2/h3-6H,7H2,1-2H3,(H,11,12). The fourth-order valence-corrected chi connectivity index (χ4v) is 1.04. The van der Waals surface area contributed by atoms with E-state index in [1.165, 1.54) is 14.2 Å². The van der Waals surface area contributed by atoms with Gasteiger partial charge in [-0.25, -0.2) is 10.3 Å². The molecule has 0 unspecified atom stereocenters. The van der Waals surface area contributed by atoms with Crippen LogP contribution in [0.3, 0.4) is 0 Å². The van der Waals surface area contributed by atoms with Crippen LogP contribution in [0.1, 0.15) is 10.4 Å². The van der Waals surface area contributed by atoms with Crippen LogP contribution in [0.25, 0.3) is 0 Å². The highest BCUT2D eigenvalue weighted by atomic mass is 16.8. The molecule has 0 fully saturated rings. The summed E-state index contributed by atoms with van der Waals surface area (Å²) in [5.41, 5.74) is 2.64. The molecule has 5 nitrogen and oxygen atoms in total. The highest BCUT2D eigenvalue weighted by Gasteiger charge is 2.10. The van der Waals surface area contributed by atoms with Crippen molar-refractivity contribution in [2.45, 2.75) is 0 Å². The van der Waals surface area contributed by atoms with E-state index in [0.29, 0.717) is 11.3 Å². The van der Waals surface area contributed by atoms with Gasteiger partial charge in [0.1, 0.15) is 5.75 Å². The minimum Gasteiger partial charge on any atom is -0.496 e. The van der Waals surface area contributed by atoms with Crippen molar-refractivity contribution < 1.29 is 19.1 Å². The minimum absolute atomic E-state index is 0.000882. The van der Waals surface area contributed by atoms with Gasteiger partial charge >= 0.3 is 0 Å². The largest absolute Gasteiger partial charge is 0.496 e. The summed E-state index contributed by atoms with van der Waals surface area (Å²) in [6, 6.07) is 6.87. The molecular weight excluding hydrogens is 198 g/mol. The lowest BCUT2D eigenvalue weighted by Crippen LogP contribution is -2.25. The number of carbonyl (C=O) groups excluding carboxylic acids is 1. The smallest absolute Gasteiger partial charge is 0.278 e. The van der Waals surface area contributed by atoms with Gasteiger partial charge in [-0.3, -0.25) is 4.79 Å². The first-order valence-electron chi connectivity index (χ1n) is 4.33. The average molecular weight is 211 g/mol. The van der Waals surface area contributed by atoms with E-state index in [1.54, 1.807) is 24.3 Å². The lowest BCUT2D eigenvalue weighted by atomic mass is 10.2. The molecule has 0 saturated heterocycles. The maximum Gasteiger partial charge on any atom is 0.278 e. The molecule has 0 spiro atoms. The summed E-state index contributed by atoms with van der Waals surface area (Å²) in [5.74, 6) is 0.125. The molecule has 0 aliphatic heterocycles. The van der Waals surface area contributed by atoms with Crippen LogP contribution in [0.15, 0.2) is 24.3 Å². The number of ether oxygens (including phenoxy) is 2. The van der Waals surface area contributed by atoms with Gasteiger partial charge in [0.15, 0.2) is 6.79 Å². The van der Waals surface area contributed by atoms with Gasteiger partial charge in [0, 0.05) is 7.11 Å². The molecular formula is C10H13NO4. The van der Waals surface area contributed by atoms with Crippen molar-refractivity contribution in [2.24, 2.45) is 0 Å². The third-order valence-electron chi connectivity index (χ3n) is 1.69. The number of benzene rings is 1. The molecule has 1 rings (SSSR count). The Morgan fingerprint density at radius 3 is 2.73 bits per heavy atom. The van der Waals surface area contributed by atoms with E-state index in [1.807, 2.05) is 0 Å². The van der Waals surface area contributed by atoms with E-state index >= 15 is 0 Å². The number of hydrogen-bond acceptors (Lipinski definition) is 4. The number of methoxy groups -OCH3 is 2. The van der Waals surface area contributed by atoms with E-state index in [2.05, 4.69) is 10.2 Å². The SMILES string of the molecule is COCONC(=O)c1ccccc1OC. The van der Waals surface area contributed by atoms with Crippen LogP contribution in [0.5, 0.6) is 5.75 Å². The molecule has 0 radical (unpaired) electrons. The molecule has 0 aromatic heterocycles. The monoisotopic (exact) mass is 211 g/mol. The summed E-state index contributed by atoms with van der Waals surface area (Å²) in [4.78, 5) is 16.2. The molecule has 0 bridgehead atoms. The summed E-state index contributed by atoms with van der Waals surface area (Å²) in [6.45, 7) is 0.000882. The maximum atomic E-state index is 11.5. The quantitative estimate of drug-likeness (QED) is 0.447. The third kappa shape index (κ3) is 3.23. The fourth-order valence-electron chi connectivity index (χ4n) is 1.04. The van der Waals surface area contributed by atoms with Crippen LogP contribution in [-0.4, -0.2) is 26.9 Å². The molecule has 0 aliphatic rings. The molecule has 82 valence electrons. The second-order valence-corrected chi connectivity index (χ2v) is 2.68. The molecule has 0 saturated carbocycles. The van der Waals surface area contributed by atoms with Gasteiger partial charge in [0.2, 0.25) is 0 Å². The molecule has 0 atom stereocenters. The zero-order chi connectivity index (χ0) is 11.1. The molecule has 1 aromatic carbocycles. The lowest BCUT2D eigenvalue weighted by Gasteiger charge is -2.08. The van der Waals surface area contributed by atoms with E-state index < -0.39 is 0 Å². The number of hydrogen-bond donors (Lipinski definition) is 1. The summed E-state index contributed by atoms with van der Waals surface area (Å²) < 4.78 is 9.64. The van der Waals surface area contributed by atoms with Crippen LogP contribution < -0.4 is 10.2 Å². The van der Waals surface area contributed by atoms with Crippen molar-refractivity contribution in [3.8, 4) is 5.75 Å². The molecule has 1 amide bonds. The van der Waals surface area contributed by atoms with Crippen LogP contribution in [-0.2, 0) is 9.57 Å². The summed E-state index contributed by atoms with van der Waals surface area (Å²) >= 11 is 0. The van der Waals surface area contributed by atoms with Crippen molar-refractivity contribution in [1.82, 2.24) is 5.48 Å². The average Bonchev–Trinajstić information content (AvgIpc) is 2.29. The van der Waals surface area contributed by atoms with Crippen LogP contribution in [0.2, 0.25) is 0 Å². The number of rotatable bonds is 5. The van der Waals surface area contributed by atoms with E-state index in [9.17, 15) is 4.79 Å². The Bertz CT molecular complexity index is 327. The Hall–Kier alpha value is -1.59. The zero-order valence-electron chi connectivity index (χ0n) is 8.65. The van der Waals surface area contributed by atoms with E-state index in [0.717, 1.165) is 0 Å². The van der Waals surface area contributed by atoms with Gasteiger partial charge in [0.25, 0.3) is 5.91 Å². The van der Waals surface area contributed by atoms with Crippen molar-refractivity contribution in [2.75, 3.05) is 21.0 Å². The van der Waals surface area contributed by atoms with Crippen LogP contribution >= 0.6 is 0 Å². The molecule has 0 heterocycles. The normalized spacial score (nSPS) is 9.73. The highest BCUT2D eigenvalue weighted by Crippen LogP contribution is 2.16. The van der Waals surface area contributed by atoms with E-state index in [-0.39, 0.29) is 12.7 Å². The third-order valence-corrected chi connectivity index (χ3v) is 1.69. The minimum atomic E-state index is -0.371.